The van der Waals surface area contributed by atoms with Crippen LogP contribution >= 0.6 is 11.8 Å². The average Bonchev–Trinajstić information content (AvgIpc) is 2.45. The summed E-state index contributed by atoms with van der Waals surface area (Å²) < 4.78 is 25.0. The first kappa shape index (κ1) is 9.71. The van der Waals surface area contributed by atoms with E-state index in [-0.39, 0.29) is 12.3 Å². The summed E-state index contributed by atoms with van der Waals surface area (Å²) in [5.41, 5.74) is 0. The molecule has 2 aliphatic rings. The molecule has 0 spiro atoms. The Labute approximate surface area is 81.7 Å². The van der Waals surface area contributed by atoms with Gasteiger partial charge in [0.1, 0.15) is 0 Å². The topological polar surface area (TPSA) is 12.0 Å². The molecular weight excluding hydrogens is 192 g/mol. The summed E-state index contributed by atoms with van der Waals surface area (Å²) in [5, 5.41) is 3.92. The fourth-order valence-electron chi connectivity index (χ4n) is 1.76. The summed E-state index contributed by atoms with van der Waals surface area (Å²) >= 11 is 1.93. The zero-order valence-electron chi connectivity index (χ0n) is 7.72. The maximum Gasteiger partial charge on any atom is 0.252 e. The molecule has 3 atom stereocenters. The normalized spacial score (nSPS) is 42.2. The molecule has 1 N–H and O–H groups in total. The van der Waals surface area contributed by atoms with E-state index in [1.807, 2.05) is 11.8 Å². The number of hydrogen-bond acceptors (Lipinski definition) is 2. The first-order valence-electron chi connectivity index (χ1n) is 4.81. The van der Waals surface area contributed by atoms with Crippen LogP contribution in [0.4, 0.5) is 8.78 Å². The summed E-state index contributed by atoms with van der Waals surface area (Å²) in [7, 11) is 0. The molecule has 0 aromatic carbocycles. The molecule has 13 heavy (non-hydrogen) atoms. The van der Waals surface area contributed by atoms with Gasteiger partial charge in [0, 0.05) is 35.9 Å². The second-order valence-electron chi connectivity index (χ2n) is 4.15. The molecule has 0 aromatic heterocycles. The summed E-state index contributed by atoms with van der Waals surface area (Å²) in [4.78, 5) is 0. The van der Waals surface area contributed by atoms with Crippen LogP contribution in [0.3, 0.4) is 0 Å². The molecule has 1 aliphatic heterocycles. The molecule has 4 heteroatoms. The molecule has 76 valence electrons. The van der Waals surface area contributed by atoms with Crippen molar-refractivity contribution in [3.63, 3.8) is 0 Å². The van der Waals surface area contributed by atoms with Gasteiger partial charge < -0.3 is 5.32 Å². The van der Waals surface area contributed by atoms with Crippen LogP contribution in [-0.4, -0.2) is 29.5 Å². The highest BCUT2D eigenvalue weighted by atomic mass is 32.2. The lowest BCUT2D eigenvalue weighted by Crippen LogP contribution is -2.31. The van der Waals surface area contributed by atoms with Gasteiger partial charge in [-0.1, -0.05) is 6.92 Å². The maximum absolute atomic E-state index is 12.5. The van der Waals surface area contributed by atoms with Gasteiger partial charge in [0.25, 0.3) is 5.92 Å². The molecule has 2 rings (SSSR count). The fourth-order valence-corrected chi connectivity index (χ4v) is 2.94. The van der Waals surface area contributed by atoms with Crippen molar-refractivity contribution in [3.8, 4) is 0 Å². The summed E-state index contributed by atoms with van der Waals surface area (Å²) in [5.74, 6) is -1.66. The van der Waals surface area contributed by atoms with Gasteiger partial charge in [-0.15, -0.1) is 0 Å². The van der Waals surface area contributed by atoms with Crippen molar-refractivity contribution in [2.24, 2.45) is 5.92 Å². The van der Waals surface area contributed by atoms with Gasteiger partial charge in [0.05, 0.1) is 0 Å². The summed E-state index contributed by atoms with van der Waals surface area (Å²) in [6.45, 7) is 2.70. The van der Waals surface area contributed by atoms with Crippen LogP contribution in [0.1, 0.15) is 19.8 Å². The first-order chi connectivity index (χ1) is 6.08. The van der Waals surface area contributed by atoms with Crippen molar-refractivity contribution in [1.82, 2.24) is 5.32 Å². The van der Waals surface area contributed by atoms with E-state index >= 15 is 0 Å². The second-order valence-corrected chi connectivity index (χ2v) is 5.62. The second kappa shape index (κ2) is 3.39. The van der Waals surface area contributed by atoms with Crippen molar-refractivity contribution in [1.29, 1.82) is 0 Å². The highest BCUT2D eigenvalue weighted by Gasteiger charge is 2.56. The van der Waals surface area contributed by atoms with Gasteiger partial charge in [-0.05, 0) is 6.42 Å². The molecule has 1 aliphatic carbocycles. The van der Waals surface area contributed by atoms with Crippen LogP contribution in [0.2, 0.25) is 0 Å². The minimum absolute atomic E-state index is 0.0927. The van der Waals surface area contributed by atoms with Crippen molar-refractivity contribution in [2.45, 2.75) is 37.0 Å². The Balaban J connectivity index is 1.64. The lowest BCUT2D eigenvalue weighted by atomic mass is 10.2. The third-order valence-corrected chi connectivity index (χ3v) is 4.16. The van der Waals surface area contributed by atoms with Gasteiger partial charge in [0.2, 0.25) is 0 Å². The molecule has 3 unspecified atom stereocenters. The van der Waals surface area contributed by atoms with E-state index in [0.717, 1.165) is 12.2 Å². The van der Waals surface area contributed by atoms with E-state index in [9.17, 15) is 8.78 Å². The van der Waals surface area contributed by atoms with E-state index in [1.54, 1.807) is 0 Å². The number of rotatable bonds is 3. The largest absolute Gasteiger partial charge is 0.313 e. The quantitative estimate of drug-likeness (QED) is 0.761. The minimum atomic E-state index is -2.36. The Hall–Kier alpha value is 0.170. The van der Waals surface area contributed by atoms with Crippen LogP contribution in [0.25, 0.3) is 0 Å². The molecule has 1 nitrogen and oxygen atoms in total. The van der Waals surface area contributed by atoms with Gasteiger partial charge in [-0.25, -0.2) is 8.78 Å². The zero-order chi connectivity index (χ0) is 9.47. The van der Waals surface area contributed by atoms with Crippen LogP contribution in [-0.2, 0) is 0 Å². The molecule has 1 heterocycles. The van der Waals surface area contributed by atoms with Crippen molar-refractivity contribution < 1.29 is 8.78 Å². The highest BCUT2D eigenvalue weighted by Crippen LogP contribution is 2.48. The van der Waals surface area contributed by atoms with E-state index in [1.165, 1.54) is 0 Å². The standard InChI is InChI=1S/C9H15F2NS/c1-6-2-8(5-13-6)12-4-7-3-9(7,10)11/h6-8,12H,2-5H2,1H3. The van der Waals surface area contributed by atoms with Crippen molar-refractivity contribution in [2.75, 3.05) is 12.3 Å². The van der Waals surface area contributed by atoms with Gasteiger partial charge in [-0.3, -0.25) is 0 Å². The Morgan fingerprint density at radius 1 is 1.54 bits per heavy atom. The number of halogens is 2. The summed E-state index contributed by atoms with van der Waals surface area (Å²) in [6.07, 6.45) is 1.22. The Morgan fingerprint density at radius 3 is 2.69 bits per heavy atom. The Bertz CT molecular complexity index is 198. The summed E-state index contributed by atoms with van der Waals surface area (Å²) in [6, 6.07) is 0.469. The monoisotopic (exact) mass is 207 g/mol. The van der Waals surface area contributed by atoms with Crippen LogP contribution in [0.5, 0.6) is 0 Å². The minimum Gasteiger partial charge on any atom is -0.313 e. The predicted octanol–water partition coefficient (Wildman–Crippen LogP) is 2.13. The van der Waals surface area contributed by atoms with E-state index in [0.29, 0.717) is 17.8 Å². The highest BCUT2D eigenvalue weighted by molar-refractivity contribution is 8.00. The third-order valence-electron chi connectivity index (χ3n) is 2.81. The predicted molar refractivity (Wildman–Crippen MR) is 51.4 cm³/mol. The number of hydrogen-bond donors (Lipinski definition) is 1. The molecule has 0 bridgehead atoms. The lowest BCUT2D eigenvalue weighted by Gasteiger charge is -2.10. The SMILES string of the molecule is CC1CC(NCC2CC2(F)F)CS1. The van der Waals surface area contributed by atoms with E-state index < -0.39 is 5.92 Å². The van der Waals surface area contributed by atoms with E-state index in [2.05, 4.69) is 12.2 Å². The third kappa shape index (κ3) is 2.34. The van der Waals surface area contributed by atoms with Gasteiger partial charge >= 0.3 is 0 Å². The van der Waals surface area contributed by atoms with Crippen LogP contribution < -0.4 is 5.32 Å². The number of alkyl halides is 2. The fraction of sp³-hybridized carbons (Fsp3) is 1.00. The average molecular weight is 207 g/mol. The first-order valence-corrected chi connectivity index (χ1v) is 5.85. The Morgan fingerprint density at radius 2 is 2.23 bits per heavy atom. The number of thioether (sulfide) groups is 1. The molecule has 0 aromatic rings. The van der Waals surface area contributed by atoms with E-state index in [4.69, 9.17) is 0 Å². The smallest absolute Gasteiger partial charge is 0.252 e. The van der Waals surface area contributed by atoms with Gasteiger partial charge in [-0.2, -0.15) is 11.8 Å². The maximum atomic E-state index is 12.5. The van der Waals surface area contributed by atoms with Crippen molar-refractivity contribution in [3.05, 3.63) is 0 Å². The Kier molecular flexibility index (Phi) is 2.53. The molecule has 0 amide bonds. The lowest BCUT2D eigenvalue weighted by molar-refractivity contribution is 0.0982. The molecule has 0 radical (unpaired) electrons. The zero-order valence-corrected chi connectivity index (χ0v) is 8.54. The molecule has 2 fully saturated rings. The van der Waals surface area contributed by atoms with Crippen LogP contribution in [0, 0.1) is 5.92 Å². The van der Waals surface area contributed by atoms with Crippen LogP contribution in [0.15, 0.2) is 0 Å². The molecule has 1 saturated carbocycles. The number of nitrogens with one attached hydrogen (secondary N) is 1. The molecular formula is C9H15F2NS. The molecule has 1 saturated heterocycles. The van der Waals surface area contributed by atoms with Crippen molar-refractivity contribution >= 4 is 11.8 Å². The van der Waals surface area contributed by atoms with Gasteiger partial charge in [0.15, 0.2) is 0 Å².